The van der Waals surface area contributed by atoms with E-state index in [-0.39, 0.29) is 5.91 Å². The van der Waals surface area contributed by atoms with Gasteiger partial charge in [0.1, 0.15) is 0 Å². The molecule has 0 unspecified atom stereocenters. The number of carbonyl (C=O) groups excluding carboxylic acids is 1. The summed E-state index contributed by atoms with van der Waals surface area (Å²) in [5.74, 6) is -0.309. The van der Waals surface area contributed by atoms with E-state index >= 15 is 0 Å². The summed E-state index contributed by atoms with van der Waals surface area (Å²) in [5, 5.41) is 15.7. The summed E-state index contributed by atoms with van der Waals surface area (Å²) in [4.78, 5) is 18.2. The summed E-state index contributed by atoms with van der Waals surface area (Å²) in [6.07, 6.45) is 1.70. The van der Waals surface area contributed by atoms with Crippen molar-refractivity contribution in [2.24, 2.45) is 5.10 Å². The second-order valence-electron chi connectivity index (χ2n) is 9.51. The average Bonchev–Trinajstić information content (AvgIpc) is 3.27. The number of hydrazone groups is 1. The first kappa shape index (κ1) is 24.8. The van der Waals surface area contributed by atoms with E-state index in [9.17, 15) is 10.1 Å². The SMILES string of the molecule is Cc1c(/C=N\NC(=O)c2cc(-c3ccccc3)nc3ccccc23)c2ccccc2n1Cc1ccccc1C#N. The van der Waals surface area contributed by atoms with Crippen LogP contribution in [0.1, 0.15) is 32.7 Å². The van der Waals surface area contributed by atoms with Gasteiger partial charge in [-0.2, -0.15) is 10.4 Å². The van der Waals surface area contributed by atoms with Gasteiger partial charge in [-0.15, -0.1) is 0 Å². The van der Waals surface area contributed by atoms with Crippen molar-refractivity contribution in [1.82, 2.24) is 15.0 Å². The molecule has 6 rings (SSSR count). The van der Waals surface area contributed by atoms with Crippen LogP contribution in [0.3, 0.4) is 0 Å². The van der Waals surface area contributed by atoms with E-state index in [1.54, 1.807) is 6.21 Å². The molecule has 0 fully saturated rings. The third-order valence-electron chi connectivity index (χ3n) is 7.14. The molecule has 0 spiro atoms. The van der Waals surface area contributed by atoms with Gasteiger partial charge in [0.25, 0.3) is 5.91 Å². The van der Waals surface area contributed by atoms with Gasteiger partial charge < -0.3 is 4.57 Å². The van der Waals surface area contributed by atoms with Crippen molar-refractivity contribution >= 4 is 33.9 Å². The monoisotopic (exact) mass is 519 g/mol. The van der Waals surface area contributed by atoms with E-state index in [2.05, 4.69) is 27.2 Å². The number of aromatic nitrogens is 2. The van der Waals surface area contributed by atoms with Gasteiger partial charge in [-0.3, -0.25) is 4.79 Å². The highest BCUT2D eigenvalue weighted by molar-refractivity contribution is 6.08. The fourth-order valence-corrected chi connectivity index (χ4v) is 5.10. The predicted octanol–water partition coefficient (Wildman–Crippen LogP) is 6.85. The molecule has 0 saturated heterocycles. The molecule has 6 nitrogen and oxygen atoms in total. The van der Waals surface area contributed by atoms with Crippen LogP contribution in [0.4, 0.5) is 0 Å². The number of nitrogens with one attached hydrogen (secondary N) is 1. The van der Waals surface area contributed by atoms with E-state index in [4.69, 9.17) is 4.98 Å². The Bertz CT molecular complexity index is 1950. The Kier molecular flexibility index (Phi) is 6.61. The zero-order valence-electron chi connectivity index (χ0n) is 21.9. The van der Waals surface area contributed by atoms with Crippen molar-refractivity contribution in [2.75, 3.05) is 0 Å². The fourth-order valence-electron chi connectivity index (χ4n) is 5.10. The van der Waals surface area contributed by atoms with Crippen molar-refractivity contribution in [3.63, 3.8) is 0 Å². The quantitative estimate of drug-likeness (QED) is 0.193. The van der Waals surface area contributed by atoms with Crippen molar-refractivity contribution in [2.45, 2.75) is 13.5 Å². The molecule has 1 N–H and O–H groups in total. The van der Waals surface area contributed by atoms with E-state index in [1.807, 2.05) is 110 Å². The highest BCUT2D eigenvalue weighted by Gasteiger charge is 2.16. The first-order valence-electron chi connectivity index (χ1n) is 13.0. The van der Waals surface area contributed by atoms with Crippen molar-refractivity contribution in [1.29, 1.82) is 5.26 Å². The molecule has 192 valence electrons. The van der Waals surface area contributed by atoms with Gasteiger partial charge in [0.05, 0.1) is 34.6 Å². The Morgan fingerprint density at radius 3 is 2.45 bits per heavy atom. The molecule has 0 aliphatic heterocycles. The number of nitrogens with zero attached hydrogens (tertiary/aromatic N) is 4. The molecular formula is C34H25N5O. The Morgan fingerprint density at radius 1 is 0.925 bits per heavy atom. The zero-order chi connectivity index (χ0) is 27.5. The molecule has 0 bridgehead atoms. The third-order valence-corrected chi connectivity index (χ3v) is 7.14. The maximum atomic E-state index is 13.4. The second kappa shape index (κ2) is 10.7. The molecule has 0 aliphatic rings. The summed E-state index contributed by atoms with van der Waals surface area (Å²) < 4.78 is 2.18. The highest BCUT2D eigenvalue weighted by Crippen LogP contribution is 2.27. The minimum atomic E-state index is -0.309. The summed E-state index contributed by atoms with van der Waals surface area (Å²) in [7, 11) is 0. The van der Waals surface area contributed by atoms with Crippen molar-refractivity contribution in [3.05, 3.63) is 137 Å². The van der Waals surface area contributed by atoms with Gasteiger partial charge in [-0.25, -0.2) is 10.4 Å². The molecule has 0 aliphatic carbocycles. The molecule has 4 aromatic carbocycles. The second-order valence-corrected chi connectivity index (χ2v) is 9.51. The minimum Gasteiger partial charge on any atom is -0.340 e. The number of fused-ring (bicyclic) bond motifs is 2. The highest BCUT2D eigenvalue weighted by atomic mass is 16.2. The summed E-state index contributed by atoms with van der Waals surface area (Å²) in [5.41, 5.74) is 10.2. The van der Waals surface area contributed by atoms with E-state index in [1.165, 1.54) is 0 Å². The number of benzene rings is 4. The molecule has 0 atom stereocenters. The average molecular weight is 520 g/mol. The fraction of sp³-hybridized carbons (Fsp3) is 0.0588. The Labute approximate surface area is 231 Å². The van der Waals surface area contributed by atoms with E-state index in [0.29, 0.717) is 17.7 Å². The van der Waals surface area contributed by atoms with E-state index in [0.717, 1.165) is 49.9 Å². The van der Waals surface area contributed by atoms with Crippen LogP contribution in [0.25, 0.3) is 33.1 Å². The van der Waals surface area contributed by atoms with Crippen LogP contribution in [0.15, 0.2) is 114 Å². The molecule has 6 aromatic rings. The summed E-state index contributed by atoms with van der Waals surface area (Å²) in [6.45, 7) is 2.59. The lowest BCUT2D eigenvalue weighted by Gasteiger charge is -2.10. The predicted molar refractivity (Wildman–Crippen MR) is 159 cm³/mol. The maximum absolute atomic E-state index is 13.4. The number of rotatable bonds is 6. The first-order valence-corrected chi connectivity index (χ1v) is 13.0. The standard InChI is InChI=1S/C34H25N5O/c1-23-30(28-16-8-10-18-33(28)39(23)22-26-14-6-5-13-25(26)20-35)21-36-38-34(40)29-19-32(24-11-3-2-4-12-24)37-31-17-9-7-15-27(29)31/h2-19,21H,22H2,1H3,(H,38,40)/b36-21-. The molecule has 2 heterocycles. The number of para-hydroxylation sites is 2. The number of nitriles is 1. The van der Waals surface area contributed by atoms with Crippen LogP contribution >= 0.6 is 0 Å². The van der Waals surface area contributed by atoms with E-state index < -0.39 is 0 Å². The van der Waals surface area contributed by atoms with Gasteiger partial charge >= 0.3 is 0 Å². The number of amides is 1. The molecule has 1 amide bonds. The van der Waals surface area contributed by atoms with Crippen LogP contribution in [0.2, 0.25) is 0 Å². The lowest BCUT2D eigenvalue weighted by Crippen LogP contribution is -2.18. The van der Waals surface area contributed by atoms with Crippen LogP contribution in [-0.4, -0.2) is 21.7 Å². The van der Waals surface area contributed by atoms with Crippen molar-refractivity contribution in [3.8, 4) is 17.3 Å². The maximum Gasteiger partial charge on any atom is 0.272 e. The molecule has 0 saturated carbocycles. The van der Waals surface area contributed by atoms with Gasteiger partial charge in [0.2, 0.25) is 0 Å². The third kappa shape index (κ3) is 4.61. The van der Waals surface area contributed by atoms with Crippen LogP contribution in [0.5, 0.6) is 0 Å². The van der Waals surface area contributed by atoms with Crippen LogP contribution in [0, 0.1) is 18.3 Å². The van der Waals surface area contributed by atoms with Crippen LogP contribution in [-0.2, 0) is 6.54 Å². The molecule has 0 radical (unpaired) electrons. The molecular weight excluding hydrogens is 494 g/mol. The lowest BCUT2D eigenvalue weighted by atomic mass is 10.0. The molecule has 40 heavy (non-hydrogen) atoms. The number of hydrogen-bond donors (Lipinski definition) is 1. The smallest absolute Gasteiger partial charge is 0.272 e. The Balaban J connectivity index is 1.33. The van der Waals surface area contributed by atoms with Gasteiger partial charge in [0.15, 0.2) is 0 Å². The topological polar surface area (TPSA) is 83.1 Å². The lowest BCUT2D eigenvalue weighted by molar-refractivity contribution is 0.0956. The number of carbonyl (C=O) groups is 1. The summed E-state index contributed by atoms with van der Waals surface area (Å²) in [6, 6.07) is 37.2. The Hall–Kier alpha value is -5.54. The molecule has 2 aromatic heterocycles. The summed E-state index contributed by atoms with van der Waals surface area (Å²) >= 11 is 0. The number of hydrogen-bond acceptors (Lipinski definition) is 4. The minimum absolute atomic E-state index is 0.309. The zero-order valence-corrected chi connectivity index (χ0v) is 21.9. The van der Waals surface area contributed by atoms with Crippen molar-refractivity contribution < 1.29 is 4.79 Å². The van der Waals surface area contributed by atoms with Gasteiger partial charge in [-0.1, -0.05) is 84.9 Å². The Morgan fingerprint density at radius 2 is 1.62 bits per heavy atom. The first-order chi connectivity index (χ1) is 19.6. The normalized spacial score (nSPS) is 11.2. The number of pyridine rings is 1. The molecule has 6 heteroatoms. The largest absolute Gasteiger partial charge is 0.340 e. The van der Waals surface area contributed by atoms with Gasteiger partial charge in [-0.05, 0) is 36.8 Å². The van der Waals surface area contributed by atoms with Crippen LogP contribution < -0.4 is 5.43 Å². The van der Waals surface area contributed by atoms with Gasteiger partial charge in [0, 0.05) is 39.7 Å².